The summed E-state index contributed by atoms with van der Waals surface area (Å²) in [7, 11) is -0.0212. The van der Waals surface area contributed by atoms with Crippen molar-refractivity contribution in [2.24, 2.45) is 0 Å². The molecule has 0 atom stereocenters. The van der Waals surface area contributed by atoms with Crippen LogP contribution in [0.15, 0.2) is 0 Å². The molecule has 26 heavy (non-hydrogen) atoms. The van der Waals surface area contributed by atoms with Gasteiger partial charge in [-0.05, 0) is 13.0 Å². The van der Waals surface area contributed by atoms with Crippen molar-refractivity contribution >= 4 is 7.60 Å². The van der Waals surface area contributed by atoms with Gasteiger partial charge in [-0.25, -0.2) is 0 Å². The van der Waals surface area contributed by atoms with Crippen LogP contribution in [-0.4, -0.2) is 27.1 Å². The zero-order chi connectivity index (χ0) is 19.3. The highest BCUT2D eigenvalue weighted by Crippen LogP contribution is 2.44. The number of hydrogen-bond donors (Lipinski definition) is 1. The van der Waals surface area contributed by atoms with E-state index in [0.29, 0.717) is 6.29 Å². The minimum atomic E-state index is -2.88. The van der Waals surface area contributed by atoms with Gasteiger partial charge in [0.05, 0.1) is 6.29 Å². The van der Waals surface area contributed by atoms with E-state index in [-0.39, 0.29) is 0 Å². The van der Waals surface area contributed by atoms with Crippen LogP contribution in [0.4, 0.5) is 0 Å². The monoisotopic (exact) mass is 391 g/mol. The smallest absolute Gasteiger partial charge is 0.311 e. The van der Waals surface area contributed by atoms with E-state index in [2.05, 4.69) is 12.2 Å². The number of nitrogens with one attached hydrogen (secondary N) is 1. The topological polar surface area (TPSA) is 47.6 Å². The van der Waals surface area contributed by atoms with E-state index in [1.54, 1.807) is 0 Å². The Morgan fingerprint density at radius 2 is 0.962 bits per heavy atom. The lowest BCUT2D eigenvalue weighted by Crippen LogP contribution is -2.18. The summed E-state index contributed by atoms with van der Waals surface area (Å²) in [5.74, 6) is 0. The molecular weight excluding hydrogens is 345 g/mol. The Morgan fingerprint density at radius 1 is 0.615 bits per heavy atom. The summed E-state index contributed by atoms with van der Waals surface area (Å²) in [6.07, 6.45) is 22.4. The first-order chi connectivity index (χ1) is 12.7. The third kappa shape index (κ3) is 17.5. The molecule has 0 fully saturated rings. The third-order valence-electron chi connectivity index (χ3n) is 5.07. The Hall–Kier alpha value is 0.110. The highest BCUT2D eigenvalue weighted by Gasteiger charge is 2.19. The van der Waals surface area contributed by atoms with Crippen LogP contribution in [-0.2, 0) is 13.6 Å². The third-order valence-corrected chi connectivity index (χ3v) is 6.79. The molecule has 0 unspecified atom stereocenters. The molecule has 0 radical (unpaired) electrons. The van der Waals surface area contributed by atoms with Gasteiger partial charge in [0.25, 0.3) is 0 Å². The highest BCUT2D eigenvalue weighted by atomic mass is 31.2. The molecular formula is C21H46NO3P. The summed E-state index contributed by atoms with van der Waals surface area (Å²) in [4.78, 5) is 0. The summed E-state index contributed by atoms with van der Waals surface area (Å²) in [6.45, 7) is 3.17. The molecule has 5 heteroatoms. The Balaban J connectivity index is 3.13. The van der Waals surface area contributed by atoms with Crippen LogP contribution in [0.2, 0.25) is 0 Å². The molecule has 0 heterocycles. The van der Waals surface area contributed by atoms with Gasteiger partial charge in [0, 0.05) is 14.2 Å². The van der Waals surface area contributed by atoms with Crippen LogP contribution in [0.5, 0.6) is 0 Å². The predicted molar refractivity (Wildman–Crippen MR) is 114 cm³/mol. The van der Waals surface area contributed by atoms with Crippen LogP contribution >= 0.6 is 7.60 Å². The van der Waals surface area contributed by atoms with E-state index in [9.17, 15) is 4.57 Å². The maximum absolute atomic E-state index is 11.8. The van der Waals surface area contributed by atoms with Crippen molar-refractivity contribution in [3.8, 4) is 0 Å². The molecule has 1 N–H and O–H groups in total. The molecule has 0 bridgehead atoms. The van der Waals surface area contributed by atoms with Crippen LogP contribution in [0, 0.1) is 0 Å². The highest BCUT2D eigenvalue weighted by molar-refractivity contribution is 7.53. The molecule has 0 rings (SSSR count). The Labute approximate surface area is 163 Å². The number of hydrogen-bond acceptors (Lipinski definition) is 4. The van der Waals surface area contributed by atoms with Gasteiger partial charge in [0.1, 0.15) is 0 Å². The molecule has 0 amide bonds. The standard InChI is InChI=1S/C21H46NO3P/c1-4-5-6-7-8-9-10-11-12-13-14-15-16-17-18-19-20-22-21-26(23,24-2)25-3/h22H,4-21H2,1-3H3. The molecule has 0 saturated heterocycles. The van der Waals surface area contributed by atoms with Crippen LogP contribution < -0.4 is 5.32 Å². The lowest BCUT2D eigenvalue weighted by atomic mass is 10.0. The van der Waals surface area contributed by atoms with Gasteiger partial charge < -0.3 is 14.4 Å². The summed E-state index contributed by atoms with van der Waals surface area (Å²) < 4.78 is 21.6. The van der Waals surface area contributed by atoms with Crippen molar-refractivity contribution in [3.05, 3.63) is 0 Å². The predicted octanol–water partition coefficient (Wildman–Crippen LogP) is 7.28. The first kappa shape index (κ1) is 26.1. The summed E-state index contributed by atoms with van der Waals surface area (Å²) >= 11 is 0. The zero-order valence-electron chi connectivity index (χ0n) is 17.9. The van der Waals surface area contributed by atoms with E-state index in [0.717, 1.165) is 13.0 Å². The van der Waals surface area contributed by atoms with Crippen LogP contribution in [0.1, 0.15) is 110 Å². The van der Waals surface area contributed by atoms with Crippen molar-refractivity contribution in [2.75, 3.05) is 27.1 Å². The van der Waals surface area contributed by atoms with E-state index in [1.807, 2.05) is 0 Å². The second-order valence-corrected chi connectivity index (χ2v) is 9.71. The van der Waals surface area contributed by atoms with Crippen molar-refractivity contribution in [1.82, 2.24) is 5.32 Å². The van der Waals surface area contributed by atoms with Crippen LogP contribution in [0.25, 0.3) is 0 Å². The SMILES string of the molecule is CCCCCCCCCCCCCCCCCCNCP(=O)(OC)OC. The summed E-state index contributed by atoms with van der Waals surface area (Å²) in [5, 5.41) is 3.16. The van der Waals surface area contributed by atoms with E-state index in [1.165, 1.54) is 111 Å². The van der Waals surface area contributed by atoms with Crippen molar-refractivity contribution < 1.29 is 13.6 Å². The van der Waals surface area contributed by atoms with Crippen LogP contribution in [0.3, 0.4) is 0 Å². The molecule has 0 aromatic rings. The van der Waals surface area contributed by atoms with E-state index >= 15 is 0 Å². The van der Waals surface area contributed by atoms with Gasteiger partial charge in [-0.3, -0.25) is 4.57 Å². The van der Waals surface area contributed by atoms with Gasteiger partial charge in [0.15, 0.2) is 0 Å². The second kappa shape index (κ2) is 19.9. The molecule has 158 valence electrons. The van der Waals surface area contributed by atoms with Gasteiger partial charge in [-0.2, -0.15) is 0 Å². The summed E-state index contributed by atoms with van der Waals surface area (Å²) in [6, 6.07) is 0. The van der Waals surface area contributed by atoms with E-state index < -0.39 is 7.60 Å². The molecule has 0 aromatic heterocycles. The lowest BCUT2D eigenvalue weighted by molar-refractivity contribution is 0.273. The maximum atomic E-state index is 11.8. The molecule has 0 aliphatic heterocycles. The largest absolute Gasteiger partial charge is 0.343 e. The quantitative estimate of drug-likeness (QED) is 0.165. The Kier molecular flexibility index (Phi) is 19.9. The fourth-order valence-electron chi connectivity index (χ4n) is 3.22. The first-order valence-electron chi connectivity index (χ1n) is 11.1. The fourth-order valence-corrected chi connectivity index (χ4v) is 4.06. The number of unbranched alkanes of at least 4 members (excludes halogenated alkanes) is 15. The molecule has 4 nitrogen and oxygen atoms in total. The minimum absolute atomic E-state index is 0.304. The zero-order valence-corrected chi connectivity index (χ0v) is 18.8. The fraction of sp³-hybridized carbons (Fsp3) is 1.00. The summed E-state index contributed by atoms with van der Waals surface area (Å²) in [5.41, 5.74) is 0. The lowest BCUT2D eigenvalue weighted by Gasteiger charge is -2.13. The molecule has 0 aliphatic carbocycles. The first-order valence-corrected chi connectivity index (χ1v) is 12.8. The van der Waals surface area contributed by atoms with Gasteiger partial charge in [-0.1, -0.05) is 103 Å². The van der Waals surface area contributed by atoms with Crippen molar-refractivity contribution in [3.63, 3.8) is 0 Å². The average Bonchev–Trinajstić information content (AvgIpc) is 2.66. The van der Waals surface area contributed by atoms with E-state index in [4.69, 9.17) is 9.05 Å². The van der Waals surface area contributed by atoms with Gasteiger partial charge >= 0.3 is 7.60 Å². The molecule has 0 aliphatic rings. The normalized spacial score (nSPS) is 12.0. The Morgan fingerprint density at radius 3 is 1.31 bits per heavy atom. The molecule has 0 spiro atoms. The minimum Gasteiger partial charge on any atom is -0.311 e. The number of rotatable bonds is 21. The van der Waals surface area contributed by atoms with Crippen molar-refractivity contribution in [2.45, 2.75) is 110 Å². The van der Waals surface area contributed by atoms with Gasteiger partial charge in [0.2, 0.25) is 0 Å². The molecule has 0 saturated carbocycles. The molecule has 0 aromatic carbocycles. The average molecular weight is 392 g/mol. The second-order valence-electron chi connectivity index (χ2n) is 7.44. The Bertz CT molecular complexity index is 318. The van der Waals surface area contributed by atoms with Gasteiger partial charge in [-0.15, -0.1) is 0 Å². The van der Waals surface area contributed by atoms with Crippen molar-refractivity contribution in [1.29, 1.82) is 0 Å². The maximum Gasteiger partial charge on any atom is 0.343 e.